The Kier molecular flexibility index (Phi) is 5.60. The van der Waals surface area contributed by atoms with Crippen LogP contribution >= 0.6 is 0 Å². The van der Waals surface area contributed by atoms with E-state index >= 15 is 0 Å². The van der Waals surface area contributed by atoms with Gasteiger partial charge in [-0.1, -0.05) is 44.0 Å². The zero-order chi connectivity index (χ0) is 10.9. The molecule has 0 aromatic heterocycles. The molecule has 0 aliphatic heterocycles. The highest BCUT2D eigenvalue weighted by Crippen LogP contribution is 2.09. The van der Waals surface area contributed by atoms with Crippen molar-refractivity contribution in [1.29, 1.82) is 0 Å². The van der Waals surface area contributed by atoms with Gasteiger partial charge in [0.15, 0.2) is 0 Å². The second kappa shape index (κ2) is 7.10. The van der Waals surface area contributed by atoms with Crippen molar-refractivity contribution in [3.05, 3.63) is 41.7 Å². The number of aryl methyl sites for hydroxylation is 1. The van der Waals surface area contributed by atoms with Crippen molar-refractivity contribution >= 4 is 6.08 Å². The molecule has 1 rings (SSSR count). The van der Waals surface area contributed by atoms with Crippen LogP contribution in [0.15, 0.2) is 30.5 Å². The minimum Gasteiger partial charge on any atom is -0.504 e. The summed E-state index contributed by atoms with van der Waals surface area (Å²) in [5, 5.41) is 0. The van der Waals surface area contributed by atoms with E-state index in [1.165, 1.54) is 36.8 Å². The summed E-state index contributed by atoms with van der Waals surface area (Å²) in [7, 11) is 1.66. The van der Waals surface area contributed by atoms with Gasteiger partial charge in [0.1, 0.15) is 0 Å². The predicted molar refractivity (Wildman–Crippen MR) is 65.7 cm³/mol. The monoisotopic (exact) mass is 204 g/mol. The maximum atomic E-state index is 4.87. The normalized spacial score (nSPS) is 10.8. The Morgan fingerprint density at radius 1 is 1.13 bits per heavy atom. The molecule has 0 atom stereocenters. The Labute approximate surface area is 92.8 Å². The van der Waals surface area contributed by atoms with Gasteiger partial charge in [0.2, 0.25) is 0 Å². The third-order valence-corrected chi connectivity index (χ3v) is 2.45. The SMILES string of the molecule is CCCCCc1ccc(/C=C/OC)cc1. The molecule has 0 heterocycles. The lowest BCUT2D eigenvalue weighted by Crippen LogP contribution is -1.85. The molecule has 1 heteroatoms. The summed E-state index contributed by atoms with van der Waals surface area (Å²) in [5.74, 6) is 0. The van der Waals surface area contributed by atoms with Crippen molar-refractivity contribution in [3.8, 4) is 0 Å². The highest BCUT2D eigenvalue weighted by Gasteiger charge is 1.92. The first-order valence-electron chi connectivity index (χ1n) is 5.65. The van der Waals surface area contributed by atoms with Crippen molar-refractivity contribution in [3.63, 3.8) is 0 Å². The van der Waals surface area contributed by atoms with Crippen LogP contribution in [0.25, 0.3) is 6.08 Å². The molecule has 0 aliphatic carbocycles. The summed E-state index contributed by atoms with van der Waals surface area (Å²) in [5.41, 5.74) is 2.62. The third-order valence-electron chi connectivity index (χ3n) is 2.45. The first-order chi connectivity index (χ1) is 7.36. The molecule has 0 bridgehead atoms. The molecule has 0 fully saturated rings. The highest BCUT2D eigenvalue weighted by molar-refractivity contribution is 5.48. The van der Waals surface area contributed by atoms with Crippen LogP contribution in [0.3, 0.4) is 0 Å². The molecular formula is C14H20O. The van der Waals surface area contributed by atoms with Crippen LogP contribution < -0.4 is 0 Å². The minimum absolute atomic E-state index is 1.19. The van der Waals surface area contributed by atoms with Gasteiger partial charge in [-0.05, 0) is 30.0 Å². The van der Waals surface area contributed by atoms with Gasteiger partial charge in [0.25, 0.3) is 0 Å². The number of methoxy groups -OCH3 is 1. The van der Waals surface area contributed by atoms with Crippen LogP contribution in [0, 0.1) is 0 Å². The van der Waals surface area contributed by atoms with E-state index in [0.717, 1.165) is 0 Å². The van der Waals surface area contributed by atoms with Crippen molar-refractivity contribution in [2.24, 2.45) is 0 Å². The zero-order valence-corrected chi connectivity index (χ0v) is 9.70. The smallest absolute Gasteiger partial charge is 0.0830 e. The van der Waals surface area contributed by atoms with Gasteiger partial charge < -0.3 is 4.74 Å². The van der Waals surface area contributed by atoms with E-state index in [2.05, 4.69) is 31.2 Å². The first-order valence-corrected chi connectivity index (χ1v) is 5.65. The quantitative estimate of drug-likeness (QED) is 0.502. The van der Waals surface area contributed by atoms with E-state index < -0.39 is 0 Å². The molecule has 0 unspecified atom stereocenters. The second-order valence-corrected chi connectivity index (χ2v) is 3.74. The second-order valence-electron chi connectivity index (χ2n) is 3.74. The van der Waals surface area contributed by atoms with Crippen LogP contribution in [0.4, 0.5) is 0 Å². The van der Waals surface area contributed by atoms with Crippen molar-refractivity contribution in [2.75, 3.05) is 7.11 Å². The number of rotatable bonds is 6. The predicted octanol–water partition coefficient (Wildman–Crippen LogP) is 4.04. The molecule has 0 amide bonds. The summed E-state index contributed by atoms with van der Waals surface area (Å²) in [6, 6.07) is 8.67. The zero-order valence-electron chi connectivity index (χ0n) is 9.70. The van der Waals surface area contributed by atoms with Crippen molar-refractivity contribution in [2.45, 2.75) is 32.6 Å². The average molecular weight is 204 g/mol. The number of benzene rings is 1. The Bertz CT molecular complexity index is 285. The lowest BCUT2D eigenvalue weighted by atomic mass is 10.1. The topological polar surface area (TPSA) is 9.23 Å². The summed E-state index contributed by atoms with van der Waals surface area (Å²) >= 11 is 0. The van der Waals surface area contributed by atoms with E-state index in [-0.39, 0.29) is 0 Å². The molecule has 0 radical (unpaired) electrons. The van der Waals surface area contributed by atoms with E-state index in [4.69, 9.17) is 4.74 Å². The Morgan fingerprint density at radius 3 is 2.47 bits per heavy atom. The van der Waals surface area contributed by atoms with Gasteiger partial charge in [-0.25, -0.2) is 0 Å². The molecule has 0 N–H and O–H groups in total. The number of hydrogen-bond donors (Lipinski definition) is 0. The van der Waals surface area contributed by atoms with Crippen LogP contribution in [-0.4, -0.2) is 7.11 Å². The van der Waals surface area contributed by atoms with Crippen LogP contribution in [0.5, 0.6) is 0 Å². The molecule has 0 spiro atoms. The van der Waals surface area contributed by atoms with E-state index in [1.54, 1.807) is 13.4 Å². The number of ether oxygens (including phenoxy) is 1. The largest absolute Gasteiger partial charge is 0.504 e. The summed E-state index contributed by atoms with van der Waals surface area (Å²) in [6.07, 6.45) is 8.77. The van der Waals surface area contributed by atoms with Gasteiger partial charge in [0, 0.05) is 0 Å². The van der Waals surface area contributed by atoms with E-state index in [0.29, 0.717) is 0 Å². The van der Waals surface area contributed by atoms with Gasteiger partial charge in [0.05, 0.1) is 13.4 Å². The summed E-state index contributed by atoms with van der Waals surface area (Å²) in [6.45, 7) is 2.23. The standard InChI is InChI=1S/C14H20O/c1-3-4-5-6-13-7-9-14(10-8-13)11-12-15-2/h7-12H,3-6H2,1-2H3/b12-11+. The van der Waals surface area contributed by atoms with Gasteiger partial charge >= 0.3 is 0 Å². The molecule has 1 aromatic carbocycles. The highest BCUT2D eigenvalue weighted by atomic mass is 16.5. The van der Waals surface area contributed by atoms with Gasteiger partial charge in [-0.15, -0.1) is 0 Å². The first kappa shape index (κ1) is 11.8. The maximum Gasteiger partial charge on any atom is 0.0830 e. The Hall–Kier alpha value is -1.24. The fourth-order valence-electron chi connectivity index (χ4n) is 1.52. The molecule has 0 saturated heterocycles. The van der Waals surface area contributed by atoms with E-state index in [1.807, 2.05) is 6.08 Å². The fraction of sp³-hybridized carbons (Fsp3) is 0.429. The van der Waals surface area contributed by atoms with Crippen LogP contribution in [0.1, 0.15) is 37.3 Å². The molecular weight excluding hydrogens is 184 g/mol. The Morgan fingerprint density at radius 2 is 1.87 bits per heavy atom. The van der Waals surface area contributed by atoms with Gasteiger partial charge in [-0.2, -0.15) is 0 Å². The summed E-state index contributed by atoms with van der Waals surface area (Å²) < 4.78 is 4.87. The van der Waals surface area contributed by atoms with Crippen molar-refractivity contribution in [1.82, 2.24) is 0 Å². The molecule has 15 heavy (non-hydrogen) atoms. The molecule has 0 aliphatic rings. The lowest BCUT2D eigenvalue weighted by Gasteiger charge is -2.01. The lowest BCUT2D eigenvalue weighted by molar-refractivity contribution is 0.341. The van der Waals surface area contributed by atoms with Crippen LogP contribution in [0.2, 0.25) is 0 Å². The van der Waals surface area contributed by atoms with Crippen LogP contribution in [-0.2, 0) is 11.2 Å². The number of unbranched alkanes of at least 4 members (excludes halogenated alkanes) is 2. The molecule has 0 saturated carbocycles. The molecule has 1 nitrogen and oxygen atoms in total. The van der Waals surface area contributed by atoms with Gasteiger partial charge in [-0.3, -0.25) is 0 Å². The van der Waals surface area contributed by atoms with Crippen molar-refractivity contribution < 1.29 is 4.74 Å². The number of hydrogen-bond acceptors (Lipinski definition) is 1. The molecule has 1 aromatic rings. The minimum atomic E-state index is 1.19. The third kappa shape index (κ3) is 4.68. The average Bonchev–Trinajstić information content (AvgIpc) is 2.28. The van der Waals surface area contributed by atoms with E-state index in [9.17, 15) is 0 Å². The maximum absolute atomic E-state index is 4.87. The molecule has 82 valence electrons. The summed E-state index contributed by atoms with van der Waals surface area (Å²) in [4.78, 5) is 0. The Balaban J connectivity index is 2.45. The fourth-order valence-corrected chi connectivity index (χ4v) is 1.52.